The lowest BCUT2D eigenvalue weighted by Crippen LogP contribution is -2.43. The Kier molecular flexibility index (Phi) is 10.4. The van der Waals surface area contributed by atoms with E-state index in [9.17, 15) is 19.2 Å². The molecule has 4 amide bonds. The molecule has 0 bridgehead atoms. The van der Waals surface area contributed by atoms with Gasteiger partial charge in [-0.15, -0.1) is 11.3 Å². The summed E-state index contributed by atoms with van der Waals surface area (Å²) in [7, 11) is 0. The van der Waals surface area contributed by atoms with Crippen LogP contribution in [0.1, 0.15) is 36.8 Å². The summed E-state index contributed by atoms with van der Waals surface area (Å²) in [6, 6.07) is 37.9. The molecule has 7 rings (SSSR count). The molecule has 4 aromatic carbocycles. The van der Waals surface area contributed by atoms with Crippen LogP contribution in [-0.2, 0) is 32.0 Å². The second-order valence-corrected chi connectivity index (χ2v) is 14.2. The average molecular weight is 697 g/mol. The third-order valence-electron chi connectivity index (χ3n) is 9.58. The van der Waals surface area contributed by atoms with Crippen molar-refractivity contribution >= 4 is 46.3 Å². The maximum Gasteiger partial charge on any atom is 0.247 e. The molecule has 0 spiro atoms. The van der Waals surface area contributed by atoms with Crippen molar-refractivity contribution in [2.75, 3.05) is 23.7 Å². The second kappa shape index (κ2) is 15.6. The summed E-state index contributed by atoms with van der Waals surface area (Å²) < 4.78 is 0. The third kappa shape index (κ3) is 8.10. The number of anilines is 2. The quantitative estimate of drug-likeness (QED) is 0.159. The first-order valence-electron chi connectivity index (χ1n) is 17.5. The van der Waals surface area contributed by atoms with Gasteiger partial charge in [-0.2, -0.15) is 0 Å². The number of hydrogen-bond acceptors (Lipinski definition) is 5. The van der Waals surface area contributed by atoms with E-state index in [2.05, 4.69) is 22.8 Å². The summed E-state index contributed by atoms with van der Waals surface area (Å²) in [5, 5.41) is 6.12. The first kappa shape index (κ1) is 33.9. The molecule has 2 aliphatic rings. The van der Waals surface area contributed by atoms with Gasteiger partial charge in [0.2, 0.25) is 23.6 Å². The number of carbonyl (C=O) groups excluding carboxylic acids is 4. The first-order chi connectivity index (χ1) is 24.9. The van der Waals surface area contributed by atoms with Crippen molar-refractivity contribution in [1.29, 1.82) is 0 Å². The lowest BCUT2D eigenvalue weighted by molar-refractivity contribution is -0.136. The van der Waals surface area contributed by atoms with E-state index in [1.54, 1.807) is 21.1 Å². The van der Waals surface area contributed by atoms with E-state index < -0.39 is 12.1 Å². The molecule has 51 heavy (non-hydrogen) atoms. The van der Waals surface area contributed by atoms with E-state index in [1.807, 2.05) is 109 Å². The topological polar surface area (TPSA) is 98.8 Å². The van der Waals surface area contributed by atoms with Gasteiger partial charge >= 0.3 is 0 Å². The Morgan fingerprint density at radius 3 is 1.41 bits per heavy atom. The fourth-order valence-electron chi connectivity index (χ4n) is 7.02. The van der Waals surface area contributed by atoms with E-state index in [4.69, 9.17) is 0 Å². The van der Waals surface area contributed by atoms with Gasteiger partial charge in [-0.3, -0.25) is 19.2 Å². The molecule has 2 aliphatic heterocycles. The van der Waals surface area contributed by atoms with E-state index in [0.29, 0.717) is 37.3 Å². The maximum atomic E-state index is 13.4. The lowest BCUT2D eigenvalue weighted by atomic mass is 10.1. The third-order valence-corrected chi connectivity index (χ3v) is 10.8. The van der Waals surface area contributed by atoms with Crippen molar-refractivity contribution < 1.29 is 19.2 Å². The molecule has 0 radical (unpaired) electrons. The van der Waals surface area contributed by atoms with Crippen LogP contribution in [-0.4, -0.2) is 58.6 Å². The molecule has 3 heterocycles. The summed E-state index contributed by atoms with van der Waals surface area (Å²) in [6.07, 6.45) is 3.46. The van der Waals surface area contributed by atoms with Crippen LogP contribution in [0.15, 0.2) is 121 Å². The predicted octanol–water partition coefficient (Wildman–Crippen LogP) is 7.43. The number of likely N-dealkylation sites (tertiary alicyclic amines) is 2. The number of hydrogen-bond donors (Lipinski definition) is 2. The summed E-state index contributed by atoms with van der Waals surface area (Å²) in [6.45, 7) is 1.17. The second-order valence-electron chi connectivity index (χ2n) is 13.1. The number of benzene rings is 4. The normalized spacial score (nSPS) is 16.9. The van der Waals surface area contributed by atoms with Crippen LogP contribution in [0.5, 0.6) is 0 Å². The summed E-state index contributed by atoms with van der Waals surface area (Å²) in [4.78, 5) is 58.4. The van der Waals surface area contributed by atoms with Crippen LogP contribution in [0.2, 0.25) is 0 Å². The largest absolute Gasteiger partial charge is 0.330 e. The SMILES string of the molecule is O=C(Nc1cccc(-c2ccc(-c3cccc(NC(=O)[C@@H]4CCCN4C(=O)Cc4ccccc4)c3)s2)c1)[C@@H]1CCCN1C(=O)Cc1ccccc1. The highest BCUT2D eigenvalue weighted by atomic mass is 32.1. The van der Waals surface area contributed by atoms with Crippen LogP contribution >= 0.6 is 11.3 Å². The lowest BCUT2D eigenvalue weighted by Gasteiger charge is -2.24. The number of rotatable bonds is 10. The molecule has 2 saturated heterocycles. The highest BCUT2D eigenvalue weighted by Crippen LogP contribution is 2.36. The standard InChI is InChI=1S/C42H40N4O4S/c47-39(25-29-11-3-1-4-12-29)45-23-9-19-35(45)41(49)43-33-17-7-15-31(27-33)37-21-22-38(51-37)32-16-8-18-34(28-32)44-42(50)36-20-10-24-46(36)40(48)26-30-13-5-2-6-14-30/h1-8,11-18,21-22,27-28,35-36H,9-10,19-20,23-26H2,(H,43,49)(H,44,50)/t35-,36-/m0/s1. The van der Waals surface area contributed by atoms with Crippen LogP contribution in [0.25, 0.3) is 20.9 Å². The molecule has 2 N–H and O–H groups in total. The zero-order valence-electron chi connectivity index (χ0n) is 28.3. The van der Waals surface area contributed by atoms with Gasteiger partial charge in [0.05, 0.1) is 12.8 Å². The van der Waals surface area contributed by atoms with E-state index >= 15 is 0 Å². The Labute approximate surface area is 302 Å². The van der Waals surface area contributed by atoms with E-state index in [0.717, 1.165) is 44.8 Å². The van der Waals surface area contributed by atoms with Gasteiger partial charge < -0.3 is 20.4 Å². The molecule has 2 fully saturated rings. The highest BCUT2D eigenvalue weighted by Gasteiger charge is 2.35. The van der Waals surface area contributed by atoms with Crippen LogP contribution in [0.3, 0.4) is 0 Å². The fourth-order valence-corrected chi connectivity index (χ4v) is 8.02. The molecular weight excluding hydrogens is 657 g/mol. The molecule has 9 heteroatoms. The van der Waals surface area contributed by atoms with Crippen molar-refractivity contribution in [2.24, 2.45) is 0 Å². The molecule has 2 atom stereocenters. The number of thiophene rings is 1. The zero-order chi connectivity index (χ0) is 35.2. The van der Waals surface area contributed by atoms with Crippen molar-refractivity contribution in [3.63, 3.8) is 0 Å². The van der Waals surface area contributed by atoms with Crippen LogP contribution < -0.4 is 10.6 Å². The first-order valence-corrected chi connectivity index (χ1v) is 18.3. The average Bonchev–Trinajstić information content (AvgIpc) is 3.95. The molecule has 1 aromatic heterocycles. The molecular formula is C42H40N4O4S. The molecule has 0 saturated carbocycles. The summed E-state index contributed by atoms with van der Waals surface area (Å²) in [5.74, 6) is -0.398. The Morgan fingerprint density at radius 1 is 0.549 bits per heavy atom. The Morgan fingerprint density at radius 2 is 0.980 bits per heavy atom. The summed E-state index contributed by atoms with van der Waals surface area (Å²) in [5.41, 5.74) is 5.19. The van der Waals surface area contributed by atoms with Crippen molar-refractivity contribution in [2.45, 2.75) is 50.6 Å². The van der Waals surface area contributed by atoms with Crippen molar-refractivity contribution in [3.8, 4) is 20.9 Å². The van der Waals surface area contributed by atoms with Crippen molar-refractivity contribution in [1.82, 2.24) is 9.80 Å². The van der Waals surface area contributed by atoms with Gasteiger partial charge in [-0.05, 0) is 84.3 Å². The smallest absolute Gasteiger partial charge is 0.247 e. The van der Waals surface area contributed by atoms with E-state index in [1.165, 1.54) is 0 Å². The minimum absolute atomic E-state index is 0.0307. The molecule has 8 nitrogen and oxygen atoms in total. The minimum Gasteiger partial charge on any atom is -0.330 e. The number of nitrogens with one attached hydrogen (secondary N) is 2. The zero-order valence-corrected chi connectivity index (χ0v) is 29.1. The van der Waals surface area contributed by atoms with E-state index in [-0.39, 0.29) is 36.5 Å². The Balaban J connectivity index is 0.982. The number of carbonyl (C=O) groups is 4. The Hall–Kier alpha value is -5.54. The Bertz CT molecular complexity index is 1890. The summed E-state index contributed by atoms with van der Waals surface area (Å²) >= 11 is 1.62. The molecule has 0 unspecified atom stereocenters. The number of amides is 4. The van der Waals surface area contributed by atoms with Gasteiger partial charge in [0.1, 0.15) is 12.1 Å². The predicted molar refractivity (Wildman–Crippen MR) is 202 cm³/mol. The fraction of sp³-hybridized carbons (Fsp3) is 0.238. The molecule has 258 valence electrons. The van der Waals surface area contributed by atoms with Crippen molar-refractivity contribution in [3.05, 3.63) is 132 Å². The molecule has 5 aromatic rings. The van der Waals surface area contributed by atoms with Crippen LogP contribution in [0, 0.1) is 0 Å². The monoisotopic (exact) mass is 696 g/mol. The minimum atomic E-state index is -0.488. The number of nitrogens with zero attached hydrogens (tertiary/aromatic N) is 2. The van der Waals surface area contributed by atoms with Gasteiger partial charge in [0.25, 0.3) is 0 Å². The van der Waals surface area contributed by atoms with Gasteiger partial charge in [-0.25, -0.2) is 0 Å². The van der Waals surface area contributed by atoms with Crippen LogP contribution in [0.4, 0.5) is 11.4 Å². The highest BCUT2D eigenvalue weighted by molar-refractivity contribution is 7.18. The van der Waals surface area contributed by atoms with Gasteiger partial charge in [-0.1, -0.05) is 84.9 Å². The maximum absolute atomic E-state index is 13.4. The van der Waals surface area contributed by atoms with Gasteiger partial charge in [0, 0.05) is 34.2 Å². The molecule has 0 aliphatic carbocycles. The van der Waals surface area contributed by atoms with Gasteiger partial charge in [0.15, 0.2) is 0 Å².